The lowest BCUT2D eigenvalue weighted by molar-refractivity contribution is -0.120. The predicted molar refractivity (Wildman–Crippen MR) is 147 cm³/mol. The number of sulfonamides is 1. The van der Waals surface area contributed by atoms with Crippen LogP contribution in [-0.2, 0) is 14.8 Å². The Hall–Kier alpha value is -2.97. The van der Waals surface area contributed by atoms with Crippen LogP contribution in [-0.4, -0.2) is 33.7 Å². The van der Waals surface area contributed by atoms with Gasteiger partial charge >= 0.3 is 0 Å². The molecule has 0 aliphatic rings. The summed E-state index contributed by atoms with van der Waals surface area (Å²) >= 11 is 1.53. The molecule has 0 unspecified atom stereocenters. The fourth-order valence-electron chi connectivity index (χ4n) is 3.87. The van der Waals surface area contributed by atoms with E-state index in [-0.39, 0.29) is 23.4 Å². The van der Waals surface area contributed by atoms with Gasteiger partial charge in [-0.05, 0) is 79.6 Å². The first kappa shape index (κ1) is 27.6. The Balaban J connectivity index is 1.92. The number of rotatable bonds is 12. The van der Waals surface area contributed by atoms with Crippen LogP contribution in [0, 0.1) is 5.92 Å². The van der Waals surface area contributed by atoms with Crippen LogP contribution in [0.3, 0.4) is 0 Å². The average Bonchev–Trinajstić information content (AvgIpc) is 2.88. The van der Waals surface area contributed by atoms with Crippen LogP contribution in [0.4, 0.5) is 5.69 Å². The van der Waals surface area contributed by atoms with Crippen molar-refractivity contribution in [1.82, 2.24) is 5.32 Å². The highest BCUT2D eigenvalue weighted by atomic mass is 32.2. The molecule has 0 fully saturated rings. The average molecular weight is 527 g/mol. The summed E-state index contributed by atoms with van der Waals surface area (Å²) in [6, 6.07) is 23.0. The Morgan fingerprint density at radius 3 is 2.17 bits per heavy atom. The molecule has 0 bridgehead atoms. The third-order valence-electron chi connectivity index (χ3n) is 5.61. The minimum atomic E-state index is -4.00. The lowest BCUT2D eigenvalue weighted by Gasteiger charge is -2.27. The zero-order valence-corrected chi connectivity index (χ0v) is 22.8. The molecule has 3 rings (SSSR count). The van der Waals surface area contributed by atoms with Crippen LogP contribution in [0.25, 0.3) is 0 Å². The van der Waals surface area contributed by atoms with Crippen molar-refractivity contribution >= 4 is 33.4 Å². The molecule has 0 spiro atoms. The van der Waals surface area contributed by atoms with Crippen molar-refractivity contribution in [2.24, 2.45) is 5.92 Å². The number of carbonyl (C=O) groups is 1. The molecule has 1 atom stereocenters. The molecule has 1 N–H and O–H groups in total. The molecule has 8 heteroatoms. The molecule has 192 valence electrons. The van der Waals surface area contributed by atoms with Crippen molar-refractivity contribution in [3.05, 3.63) is 84.4 Å². The summed E-state index contributed by atoms with van der Waals surface area (Å²) in [5.74, 6) is 0.604. The highest BCUT2D eigenvalue weighted by Crippen LogP contribution is 2.28. The van der Waals surface area contributed by atoms with Gasteiger partial charge in [0.2, 0.25) is 5.91 Å². The second-order valence-corrected chi connectivity index (χ2v) is 11.5. The molecule has 6 nitrogen and oxygen atoms in total. The van der Waals surface area contributed by atoms with Crippen LogP contribution in [0.5, 0.6) is 5.75 Å². The van der Waals surface area contributed by atoms with E-state index >= 15 is 0 Å². The van der Waals surface area contributed by atoms with Crippen molar-refractivity contribution in [3.8, 4) is 5.75 Å². The second-order valence-electron chi connectivity index (χ2n) is 8.77. The van der Waals surface area contributed by atoms with Crippen LogP contribution < -0.4 is 14.4 Å². The minimum Gasteiger partial charge on any atom is -0.494 e. The number of anilines is 1. The summed E-state index contributed by atoms with van der Waals surface area (Å²) in [5.41, 5.74) is 1.38. The maximum absolute atomic E-state index is 13.7. The van der Waals surface area contributed by atoms with Crippen LogP contribution in [0.1, 0.15) is 38.8 Å². The minimum absolute atomic E-state index is 0.128. The molecule has 1 amide bonds. The van der Waals surface area contributed by atoms with E-state index in [0.717, 1.165) is 21.2 Å². The number of nitrogens with zero attached hydrogens (tertiary/aromatic N) is 1. The second kappa shape index (κ2) is 12.8. The van der Waals surface area contributed by atoms with E-state index in [1.54, 1.807) is 48.5 Å². The summed E-state index contributed by atoms with van der Waals surface area (Å²) in [6.07, 6.45) is 2.67. The molecular weight excluding hydrogens is 492 g/mol. The Bertz CT molecular complexity index is 1210. The van der Waals surface area contributed by atoms with Crippen LogP contribution in [0.2, 0.25) is 0 Å². The van der Waals surface area contributed by atoms with Gasteiger partial charge in [-0.15, -0.1) is 11.8 Å². The molecule has 0 aliphatic heterocycles. The van der Waals surface area contributed by atoms with Crippen molar-refractivity contribution in [1.29, 1.82) is 0 Å². The van der Waals surface area contributed by atoms with Gasteiger partial charge in [-0.25, -0.2) is 8.42 Å². The topological polar surface area (TPSA) is 75.7 Å². The number of ether oxygens (including phenoxy) is 1. The third-order valence-corrected chi connectivity index (χ3v) is 8.15. The largest absolute Gasteiger partial charge is 0.494 e. The van der Waals surface area contributed by atoms with Gasteiger partial charge in [0, 0.05) is 4.90 Å². The number of benzene rings is 3. The summed E-state index contributed by atoms with van der Waals surface area (Å²) in [4.78, 5) is 14.4. The van der Waals surface area contributed by atoms with E-state index in [4.69, 9.17) is 4.74 Å². The molecule has 0 aromatic heterocycles. The Morgan fingerprint density at radius 1 is 0.972 bits per heavy atom. The van der Waals surface area contributed by atoms with E-state index in [1.165, 1.54) is 11.8 Å². The van der Waals surface area contributed by atoms with Gasteiger partial charge < -0.3 is 10.1 Å². The van der Waals surface area contributed by atoms with Crippen LogP contribution >= 0.6 is 11.8 Å². The molecule has 0 aliphatic carbocycles. The first-order valence-corrected chi connectivity index (χ1v) is 14.6. The number of thioether (sulfide) groups is 1. The number of amides is 1. The van der Waals surface area contributed by atoms with E-state index in [1.807, 2.05) is 43.5 Å². The molecular formula is C28H34N2O4S2. The summed E-state index contributed by atoms with van der Waals surface area (Å²) in [7, 11) is -4.00. The number of hydrogen-bond donors (Lipinski definition) is 1. The zero-order valence-electron chi connectivity index (χ0n) is 21.2. The molecule has 0 saturated carbocycles. The molecule has 36 heavy (non-hydrogen) atoms. The zero-order chi connectivity index (χ0) is 26.1. The standard InChI is InChI=1S/C28H34N2O4S2/c1-5-34-24-13-11-23(12-14-24)30(36(32,33)26-17-15-25(35-4)16-18-26)20-28(31)29-27(19-21(2)3)22-9-7-6-8-10-22/h6-18,21,27H,5,19-20H2,1-4H3,(H,29,31)/t27-/m1/s1. The highest BCUT2D eigenvalue weighted by Gasteiger charge is 2.28. The number of carbonyl (C=O) groups excluding carboxylic acids is 1. The van der Waals surface area contributed by atoms with E-state index < -0.39 is 10.0 Å². The van der Waals surface area contributed by atoms with Gasteiger partial charge in [0.25, 0.3) is 10.0 Å². The normalized spacial score (nSPS) is 12.2. The van der Waals surface area contributed by atoms with Crippen molar-refractivity contribution in [3.63, 3.8) is 0 Å². The first-order chi connectivity index (χ1) is 17.2. The van der Waals surface area contributed by atoms with Crippen molar-refractivity contribution < 1.29 is 17.9 Å². The smallest absolute Gasteiger partial charge is 0.264 e. The van der Waals surface area contributed by atoms with Gasteiger partial charge in [0.15, 0.2) is 0 Å². The molecule has 0 radical (unpaired) electrons. The Morgan fingerprint density at radius 2 is 1.61 bits per heavy atom. The van der Waals surface area contributed by atoms with Crippen molar-refractivity contribution in [2.75, 3.05) is 23.7 Å². The van der Waals surface area contributed by atoms with E-state index in [2.05, 4.69) is 19.2 Å². The molecule has 3 aromatic rings. The fraction of sp³-hybridized carbons (Fsp3) is 0.321. The van der Waals surface area contributed by atoms with E-state index in [0.29, 0.717) is 24.0 Å². The van der Waals surface area contributed by atoms with Gasteiger partial charge in [-0.1, -0.05) is 44.2 Å². The Labute approximate surface area is 219 Å². The molecule has 0 heterocycles. The lowest BCUT2D eigenvalue weighted by Crippen LogP contribution is -2.42. The summed E-state index contributed by atoms with van der Waals surface area (Å²) in [5, 5.41) is 3.07. The third kappa shape index (κ3) is 7.27. The van der Waals surface area contributed by atoms with Crippen molar-refractivity contribution in [2.45, 2.75) is 43.0 Å². The maximum atomic E-state index is 13.7. The van der Waals surface area contributed by atoms with Crippen LogP contribution in [0.15, 0.2) is 88.7 Å². The van der Waals surface area contributed by atoms with Gasteiger partial charge in [-0.3, -0.25) is 9.10 Å². The predicted octanol–water partition coefficient (Wildman–Crippen LogP) is 5.91. The van der Waals surface area contributed by atoms with Gasteiger partial charge in [0.1, 0.15) is 12.3 Å². The highest BCUT2D eigenvalue weighted by molar-refractivity contribution is 7.98. The Kier molecular flexibility index (Phi) is 9.84. The monoisotopic (exact) mass is 526 g/mol. The van der Waals surface area contributed by atoms with E-state index in [9.17, 15) is 13.2 Å². The lowest BCUT2D eigenvalue weighted by atomic mass is 9.97. The molecule has 0 saturated heterocycles. The fourth-order valence-corrected chi connectivity index (χ4v) is 5.70. The van der Waals surface area contributed by atoms with Gasteiger partial charge in [-0.2, -0.15) is 0 Å². The number of nitrogens with one attached hydrogen (secondary N) is 1. The quantitative estimate of drug-likeness (QED) is 0.297. The first-order valence-electron chi connectivity index (χ1n) is 12.0. The van der Waals surface area contributed by atoms with Gasteiger partial charge in [0.05, 0.1) is 23.2 Å². The molecule has 3 aromatic carbocycles. The SMILES string of the molecule is CCOc1ccc(N(CC(=O)N[C@H](CC(C)C)c2ccccc2)S(=O)(=O)c2ccc(SC)cc2)cc1. The number of hydrogen-bond acceptors (Lipinski definition) is 5. The summed E-state index contributed by atoms with van der Waals surface area (Å²) in [6.45, 7) is 6.23. The maximum Gasteiger partial charge on any atom is 0.264 e. The summed E-state index contributed by atoms with van der Waals surface area (Å²) < 4.78 is 34.1.